The first kappa shape index (κ1) is 15.3. The van der Waals surface area contributed by atoms with E-state index in [1.807, 2.05) is 18.7 Å². The van der Waals surface area contributed by atoms with Gasteiger partial charge >= 0.3 is 21.3 Å². The van der Waals surface area contributed by atoms with Gasteiger partial charge in [0.05, 0.1) is 0 Å². The van der Waals surface area contributed by atoms with Crippen molar-refractivity contribution >= 4 is 16.1 Å². The van der Waals surface area contributed by atoms with Crippen LogP contribution < -0.4 is 0 Å². The Bertz CT molecular complexity index is 423. The summed E-state index contributed by atoms with van der Waals surface area (Å²) in [6.07, 6.45) is -0.432. The monoisotopic (exact) mass is 287 g/mol. The van der Waals surface area contributed by atoms with Gasteiger partial charge in [-0.05, 0) is 20.3 Å². The molecule has 1 fully saturated rings. The predicted octanol–water partition coefficient (Wildman–Crippen LogP) is 0.493. The van der Waals surface area contributed by atoms with Gasteiger partial charge in [0.15, 0.2) is 0 Å². The van der Waals surface area contributed by atoms with E-state index in [9.17, 15) is 22.0 Å². The summed E-state index contributed by atoms with van der Waals surface area (Å²) in [4.78, 5) is 12.9. The Morgan fingerprint density at radius 1 is 1.50 bits per heavy atom. The standard InChI is InChI=1S/C9H15F2NO5S/c1-6(2)12-4-3-7(5-12)17-8(13)9(10,11)18(14,15)16/h6-7H,3-5H2,1-2H3,(H,14,15,16). The molecule has 1 heterocycles. The van der Waals surface area contributed by atoms with Crippen LogP contribution in [-0.4, -0.2) is 54.3 Å². The Balaban J connectivity index is 2.63. The van der Waals surface area contributed by atoms with Crippen LogP contribution >= 0.6 is 0 Å². The SMILES string of the molecule is CC(C)N1CCC(OC(=O)C(F)(F)S(=O)(=O)O)C1. The van der Waals surface area contributed by atoms with Crippen LogP contribution in [0.15, 0.2) is 0 Å². The molecule has 0 radical (unpaired) electrons. The second-order valence-electron chi connectivity index (χ2n) is 4.40. The molecule has 18 heavy (non-hydrogen) atoms. The van der Waals surface area contributed by atoms with Crippen molar-refractivity contribution in [1.82, 2.24) is 4.90 Å². The third-order valence-electron chi connectivity index (χ3n) is 2.74. The van der Waals surface area contributed by atoms with Gasteiger partial charge in [-0.25, -0.2) is 4.79 Å². The fourth-order valence-electron chi connectivity index (χ4n) is 1.64. The highest BCUT2D eigenvalue weighted by molar-refractivity contribution is 7.87. The van der Waals surface area contributed by atoms with Crippen molar-refractivity contribution in [3.63, 3.8) is 0 Å². The van der Waals surface area contributed by atoms with E-state index in [0.29, 0.717) is 13.0 Å². The molecular weight excluding hydrogens is 272 g/mol. The molecular formula is C9H15F2NO5S. The zero-order valence-electron chi connectivity index (χ0n) is 9.97. The van der Waals surface area contributed by atoms with E-state index in [-0.39, 0.29) is 12.6 Å². The summed E-state index contributed by atoms with van der Waals surface area (Å²) in [5.74, 6) is -2.24. The van der Waals surface area contributed by atoms with Crippen LogP contribution in [0.4, 0.5) is 8.78 Å². The second kappa shape index (κ2) is 5.06. The molecule has 6 nitrogen and oxygen atoms in total. The first-order valence-corrected chi connectivity index (χ1v) is 6.79. The Kier molecular flexibility index (Phi) is 4.29. The number of halogens is 2. The summed E-state index contributed by atoms with van der Waals surface area (Å²) in [7, 11) is -5.79. The number of rotatable bonds is 4. The molecule has 0 aliphatic carbocycles. The van der Waals surface area contributed by atoms with E-state index < -0.39 is 27.4 Å². The number of nitrogens with zero attached hydrogens (tertiary/aromatic N) is 1. The van der Waals surface area contributed by atoms with Crippen molar-refractivity contribution in [2.75, 3.05) is 13.1 Å². The topological polar surface area (TPSA) is 83.9 Å². The third kappa shape index (κ3) is 3.15. The molecule has 1 unspecified atom stereocenters. The van der Waals surface area contributed by atoms with Crippen LogP contribution in [-0.2, 0) is 19.6 Å². The molecule has 0 bridgehead atoms. The average molecular weight is 287 g/mol. The Hall–Kier alpha value is -0.800. The Morgan fingerprint density at radius 3 is 2.44 bits per heavy atom. The van der Waals surface area contributed by atoms with E-state index in [1.165, 1.54) is 0 Å². The lowest BCUT2D eigenvalue weighted by molar-refractivity contribution is -0.166. The van der Waals surface area contributed by atoms with Crippen LogP contribution in [0.1, 0.15) is 20.3 Å². The van der Waals surface area contributed by atoms with Gasteiger partial charge in [-0.1, -0.05) is 0 Å². The van der Waals surface area contributed by atoms with Gasteiger partial charge in [-0.3, -0.25) is 9.45 Å². The van der Waals surface area contributed by atoms with E-state index in [4.69, 9.17) is 4.55 Å². The molecule has 0 spiro atoms. The number of esters is 1. The van der Waals surface area contributed by atoms with Gasteiger partial charge in [-0.15, -0.1) is 0 Å². The molecule has 1 aliphatic rings. The fourth-order valence-corrected chi connectivity index (χ4v) is 1.90. The van der Waals surface area contributed by atoms with E-state index in [2.05, 4.69) is 4.74 Å². The Morgan fingerprint density at radius 2 is 2.06 bits per heavy atom. The Labute approximate surface area is 104 Å². The molecule has 0 aromatic heterocycles. The van der Waals surface area contributed by atoms with Crippen molar-refractivity contribution in [1.29, 1.82) is 0 Å². The maximum atomic E-state index is 12.9. The zero-order chi connectivity index (χ0) is 14.1. The lowest BCUT2D eigenvalue weighted by Crippen LogP contribution is -2.41. The largest absolute Gasteiger partial charge is 0.465 e. The minimum Gasteiger partial charge on any atom is -0.456 e. The van der Waals surface area contributed by atoms with Crippen molar-refractivity contribution < 1.29 is 31.3 Å². The summed E-state index contributed by atoms with van der Waals surface area (Å²) < 4.78 is 59.1. The first-order chi connectivity index (χ1) is 8.05. The summed E-state index contributed by atoms with van der Waals surface area (Å²) in [6.45, 7) is 4.64. The van der Waals surface area contributed by atoms with Gasteiger partial charge in [-0.2, -0.15) is 17.2 Å². The number of alkyl halides is 2. The van der Waals surface area contributed by atoms with Crippen molar-refractivity contribution in [2.45, 2.75) is 37.7 Å². The third-order valence-corrected chi connectivity index (χ3v) is 3.56. The summed E-state index contributed by atoms with van der Waals surface area (Å²) in [6, 6.07) is 0.177. The first-order valence-electron chi connectivity index (χ1n) is 5.35. The van der Waals surface area contributed by atoms with Gasteiger partial charge in [0.1, 0.15) is 6.10 Å². The molecule has 106 valence electrons. The van der Waals surface area contributed by atoms with Crippen LogP contribution in [0.5, 0.6) is 0 Å². The molecule has 0 saturated carbocycles. The van der Waals surface area contributed by atoms with E-state index in [1.54, 1.807) is 0 Å². The van der Waals surface area contributed by atoms with Crippen LogP contribution in [0.3, 0.4) is 0 Å². The molecule has 1 rings (SSSR count). The van der Waals surface area contributed by atoms with Crippen molar-refractivity contribution in [3.8, 4) is 0 Å². The van der Waals surface area contributed by atoms with Gasteiger partial charge in [0, 0.05) is 19.1 Å². The number of likely N-dealkylation sites (tertiary alicyclic amines) is 1. The molecule has 1 aliphatic heterocycles. The van der Waals surface area contributed by atoms with E-state index >= 15 is 0 Å². The normalized spacial score (nSPS) is 22.4. The second-order valence-corrected chi connectivity index (χ2v) is 5.86. The van der Waals surface area contributed by atoms with Gasteiger partial charge < -0.3 is 4.74 Å². The lowest BCUT2D eigenvalue weighted by atomic mass is 10.3. The van der Waals surface area contributed by atoms with E-state index in [0.717, 1.165) is 0 Å². The lowest BCUT2D eigenvalue weighted by Gasteiger charge is -2.20. The number of hydrogen-bond acceptors (Lipinski definition) is 5. The number of carbonyl (C=O) groups excluding carboxylic acids is 1. The van der Waals surface area contributed by atoms with Crippen LogP contribution in [0.25, 0.3) is 0 Å². The number of hydrogen-bond donors (Lipinski definition) is 1. The smallest absolute Gasteiger partial charge is 0.456 e. The average Bonchev–Trinajstić information content (AvgIpc) is 2.64. The van der Waals surface area contributed by atoms with Crippen molar-refractivity contribution in [2.24, 2.45) is 0 Å². The molecule has 9 heteroatoms. The number of carbonyl (C=O) groups is 1. The minimum absolute atomic E-state index is 0.177. The highest BCUT2D eigenvalue weighted by Crippen LogP contribution is 2.25. The highest BCUT2D eigenvalue weighted by atomic mass is 32.2. The van der Waals surface area contributed by atoms with Crippen LogP contribution in [0, 0.1) is 0 Å². The minimum atomic E-state index is -5.79. The highest BCUT2D eigenvalue weighted by Gasteiger charge is 2.55. The maximum Gasteiger partial charge on any atom is 0.465 e. The maximum absolute atomic E-state index is 12.9. The van der Waals surface area contributed by atoms with Crippen molar-refractivity contribution in [3.05, 3.63) is 0 Å². The number of ether oxygens (including phenoxy) is 1. The quantitative estimate of drug-likeness (QED) is 0.598. The summed E-state index contributed by atoms with van der Waals surface area (Å²) in [5, 5.41) is -4.92. The predicted molar refractivity (Wildman–Crippen MR) is 57.7 cm³/mol. The summed E-state index contributed by atoms with van der Waals surface area (Å²) in [5.41, 5.74) is 0. The van der Waals surface area contributed by atoms with Gasteiger partial charge in [0.2, 0.25) is 0 Å². The molecule has 1 atom stereocenters. The molecule has 1 saturated heterocycles. The summed E-state index contributed by atoms with van der Waals surface area (Å²) >= 11 is 0. The molecule has 1 N–H and O–H groups in total. The van der Waals surface area contributed by atoms with Crippen LogP contribution in [0.2, 0.25) is 0 Å². The molecule has 0 aromatic carbocycles. The molecule has 0 aromatic rings. The zero-order valence-corrected chi connectivity index (χ0v) is 10.8. The molecule has 0 amide bonds. The fraction of sp³-hybridized carbons (Fsp3) is 0.889. The van der Waals surface area contributed by atoms with Gasteiger partial charge in [0.25, 0.3) is 0 Å².